The Morgan fingerprint density at radius 2 is 2.38 bits per heavy atom. The molecule has 1 aliphatic rings. The zero-order chi connectivity index (χ0) is 5.98. The van der Waals surface area contributed by atoms with Crippen LogP contribution in [0.2, 0.25) is 0 Å². The fourth-order valence-corrected chi connectivity index (χ4v) is 1.03. The zero-order valence-electron chi connectivity index (χ0n) is 4.68. The second-order valence-corrected chi connectivity index (χ2v) is 2.52. The van der Waals surface area contributed by atoms with Crippen LogP contribution in [-0.4, -0.2) is 4.86 Å². The first kappa shape index (κ1) is 5.70. The number of rotatable bonds is 0. The lowest BCUT2D eigenvalue weighted by Crippen LogP contribution is -1.96. The van der Waals surface area contributed by atoms with Gasteiger partial charge < -0.3 is 0 Å². The molecule has 42 valence electrons. The first-order chi connectivity index (χ1) is 3.79. The molecule has 0 nitrogen and oxygen atoms in total. The van der Waals surface area contributed by atoms with E-state index in [9.17, 15) is 0 Å². The van der Waals surface area contributed by atoms with E-state index in [1.165, 1.54) is 5.57 Å². The van der Waals surface area contributed by atoms with Gasteiger partial charge in [-0.2, -0.15) is 0 Å². The smallest absolute Gasteiger partial charge is 0.0189 e. The van der Waals surface area contributed by atoms with Crippen molar-refractivity contribution in [1.82, 2.24) is 0 Å². The first-order valence-electron chi connectivity index (χ1n) is 2.65. The Labute approximate surface area is 54.9 Å². The van der Waals surface area contributed by atoms with E-state index in [-0.39, 0.29) is 0 Å². The van der Waals surface area contributed by atoms with Gasteiger partial charge in [-0.1, -0.05) is 36.5 Å². The molecule has 0 bridgehead atoms. The summed E-state index contributed by atoms with van der Waals surface area (Å²) in [5, 5.41) is 0. The average molecular weight is 124 g/mol. The minimum Gasteiger partial charge on any atom is -0.0992 e. The molecule has 0 spiro atoms. The van der Waals surface area contributed by atoms with Crippen LogP contribution in [0.25, 0.3) is 0 Å². The second-order valence-electron chi connectivity index (χ2n) is 2.00. The summed E-state index contributed by atoms with van der Waals surface area (Å²) < 4.78 is 0. The fourth-order valence-electron chi connectivity index (χ4n) is 0.735. The highest BCUT2D eigenvalue weighted by atomic mass is 32.1. The van der Waals surface area contributed by atoms with Crippen LogP contribution in [0.5, 0.6) is 0 Å². The van der Waals surface area contributed by atoms with Gasteiger partial charge in [-0.3, -0.25) is 0 Å². The summed E-state index contributed by atoms with van der Waals surface area (Å²) in [4.78, 5) is 1.02. The highest BCUT2D eigenvalue weighted by Gasteiger charge is 1.99. The Balaban J connectivity index is 2.68. The fraction of sp³-hybridized carbons (Fsp3) is 0.286. The van der Waals surface area contributed by atoms with Crippen molar-refractivity contribution in [3.63, 3.8) is 0 Å². The van der Waals surface area contributed by atoms with E-state index in [1.807, 2.05) is 6.08 Å². The molecule has 0 fully saturated rings. The standard InChI is InChI=1S/C7H8S/c1-6-3-2-4-7(8)5-6/h2,4H,1,3,5H2. The maximum Gasteiger partial charge on any atom is 0.0189 e. The van der Waals surface area contributed by atoms with Gasteiger partial charge in [0.1, 0.15) is 0 Å². The average Bonchev–Trinajstić information content (AvgIpc) is 1.64. The lowest BCUT2D eigenvalue weighted by molar-refractivity contribution is 1.14. The van der Waals surface area contributed by atoms with Crippen LogP contribution in [0.15, 0.2) is 24.3 Å². The number of thiocarbonyl (C=S) groups is 1. The Hall–Kier alpha value is -0.430. The van der Waals surface area contributed by atoms with Crippen molar-refractivity contribution in [2.24, 2.45) is 0 Å². The van der Waals surface area contributed by atoms with Gasteiger partial charge in [0.15, 0.2) is 0 Å². The number of hydrogen-bond acceptors (Lipinski definition) is 1. The molecular formula is C7H8S. The zero-order valence-corrected chi connectivity index (χ0v) is 5.50. The van der Waals surface area contributed by atoms with E-state index in [0.717, 1.165) is 17.7 Å². The summed E-state index contributed by atoms with van der Waals surface area (Å²) in [6.45, 7) is 3.83. The highest BCUT2D eigenvalue weighted by Crippen LogP contribution is 2.12. The normalized spacial score (nSPS) is 19.5. The molecule has 8 heavy (non-hydrogen) atoms. The van der Waals surface area contributed by atoms with Crippen molar-refractivity contribution in [2.45, 2.75) is 12.8 Å². The highest BCUT2D eigenvalue weighted by molar-refractivity contribution is 7.80. The summed E-state index contributed by atoms with van der Waals surface area (Å²) in [5.74, 6) is 0. The van der Waals surface area contributed by atoms with Crippen molar-refractivity contribution in [2.75, 3.05) is 0 Å². The minimum absolute atomic E-state index is 0.922. The molecule has 0 radical (unpaired) electrons. The van der Waals surface area contributed by atoms with Crippen molar-refractivity contribution in [3.8, 4) is 0 Å². The van der Waals surface area contributed by atoms with Gasteiger partial charge in [-0.15, -0.1) is 0 Å². The van der Waals surface area contributed by atoms with E-state index in [1.54, 1.807) is 0 Å². The third kappa shape index (κ3) is 1.27. The molecule has 1 rings (SSSR count). The Bertz CT molecular complexity index is 154. The van der Waals surface area contributed by atoms with Crippen molar-refractivity contribution in [1.29, 1.82) is 0 Å². The third-order valence-corrected chi connectivity index (χ3v) is 1.41. The Kier molecular flexibility index (Phi) is 1.59. The van der Waals surface area contributed by atoms with E-state index >= 15 is 0 Å². The molecule has 0 N–H and O–H groups in total. The minimum atomic E-state index is 0.922. The van der Waals surface area contributed by atoms with Crippen LogP contribution in [0.4, 0.5) is 0 Å². The predicted molar refractivity (Wildman–Crippen MR) is 40.1 cm³/mol. The molecule has 0 heterocycles. The van der Waals surface area contributed by atoms with E-state index < -0.39 is 0 Å². The summed E-state index contributed by atoms with van der Waals surface area (Å²) in [5.41, 5.74) is 1.23. The maximum atomic E-state index is 4.94. The van der Waals surface area contributed by atoms with Gasteiger partial charge in [0.25, 0.3) is 0 Å². The number of hydrogen-bond donors (Lipinski definition) is 0. The SMILES string of the molecule is C=C1CC=CC(=S)C1. The molecule has 1 aliphatic carbocycles. The molecule has 1 heteroatoms. The summed E-state index contributed by atoms with van der Waals surface area (Å²) in [6.07, 6.45) is 5.99. The number of allylic oxidation sites excluding steroid dienone is 3. The molecular weight excluding hydrogens is 116 g/mol. The van der Waals surface area contributed by atoms with E-state index in [4.69, 9.17) is 12.2 Å². The van der Waals surface area contributed by atoms with Gasteiger partial charge in [0, 0.05) is 11.3 Å². The third-order valence-electron chi connectivity index (χ3n) is 1.13. The van der Waals surface area contributed by atoms with Gasteiger partial charge >= 0.3 is 0 Å². The predicted octanol–water partition coefficient (Wildman–Crippen LogP) is 2.26. The van der Waals surface area contributed by atoms with Gasteiger partial charge in [-0.05, 0) is 6.42 Å². The Morgan fingerprint density at radius 3 is 2.75 bits per heavy atom. The monoisotopic (exact) mass is 124 g/mol. The topological polar surface area (TPSA) is 0 Å². The second kappa shape index (κ2) is 2.23. The van der Waals surface area contributed by atoms with E-state index in [2.05, 4.69) is 12.7 Å². The molecule has 0 aromatic rings. The van der Waals surface area contributed by atoms with Crippen LogP contribution in [-0.2, 0) is 0 Å². The van der Waals surface area contributed by atoms with Crippen LogP contribution in [0.1, 0.15) is 12.8 Å². The van der Waals surface area contributed by atoms with Crippen LogP contribution in [0, 0.1) is 0 Å². The summed E-state index contributed by atoms with van der Waals surface area (Å²) in [6, 6.07) is 0. The molecule has 0 atom stereocenters. The van der Waals surface area contributed by atoms with Crippen molar-refractivity contribution in [3.05, 3.63) is 24.3 Å². The summed E-state index contributed by atoms with van der Waals surface area (Å²) in [7, 11) is 0. The van der Waals surface area contributed by atoms with Crippen LogP contribution >= 0.6 is 12.2 Å². The summed E-state index contributed by atoms with van der Waals surface area (Å²) >= 11 is 4.94. The Morgan fingerprint density at radius 1 is 1.62 bits per heavy atom. The molecule has 0 aliphatic heterocycles. The van der Waals surface area contributed by atoms with Crippen molar-refractivity contribution < 1.29 is 0 Å². The van der Waals surface area contributed by atoms with Crippen LogP contribution < -0.4 is 0 Å². The molecule has 0 aromatic carbocycles. The molecule has 0 saturated heterocycles. The molecule has 0 aromatic heterocycles. The van der Waals surface area contributed by atoms with Crippen LogP contribution in [0.3, 0.4) is 0 Å². The van der Waals surface area contributed by atoms with Gasteiger partial charge in [0.05, 0.1) is 0 Å². The first-order valence-corrected chi connectivity index (χ1v) is 3.06. The van der Waals surface area contributed by atoms with Crippen molar-refractivity contribution >= 4 is 17.1 Å². The molecule has 0 saturated carbocycles. The lowest BCUT2D eigenvalue weighted by Gasteiger charge is -2.05. The lowest BCUT2D eigenvalue weighted by atomic mass is 10.0. The van der Waals surface area contributed by atoms with Gasteiger partial charge in [0.2, 0.25) is 0 Å². The molecule has 0 amide bonds. The quantitative estimate of drug-likeness (QED) is 0.352. The largest absolute Gasteiger partial charge is 0.0992 e. The van der Waals surface area contributed by atoms with E-state index in [0.29, 0.717) is 0 Å². The maximum absolute atomic E-state index is 4.94. The molecule has 0 unspecified atom stereocenters. The van der Waals surface area contributed by atoms with Gasteiger partial charge in [-0.25, -0.2) is 0 Å².